The monoisotopic (exact) mass is 324 g/mol. The molecule has 0 heterocycles. The van der Waals surface area contributed by atoms with Gasteiger partial charge in [-0.05, 0) is 71.6 Å². The van der Waals surface area contributed by atoms with Gasteiger partial charge >= 0.3 is 0 Å². The maximum Gasteiger partial charge on any atom is 0.104 e. The quantitative estimate of drug-likeness (QED) is 0.811. The van der Waals surface area contributed by atoms with Gasteiger partial charge in [0.25, 0.3) is 0 Å². The van der Waals surface area contributed by atoms with Crippen molar-refractivity contribution in [2.24, 2.45) is 17.6 Å². The first-order valence-corrected chi connectivity index (χ1v) is 7.71. The summed E-state index contributed by atoms with van der Waals surface area (Å²) >= 11 is 8.60. The third-order valence-corrected chi connectivity index (χ3v) is 4.73. The minimum absolute atomic E-state index is 0.447. The van der Waals surface area contributed by atoms with Crippen molar-refractivity contribution in [2.45, 2.75) is 31.7 Å². The van der Waals surface area contributed by atoms with E-state index in [0.717, 1.165) is 21.9 Å². The minimum Gasteiger partial charge on any atom is -0.389 e. The molecule has 0 aromatic heterocycles. The van der Waals surface area contributed by atoms with E-state index in [4.69, 9.17) is 18.0 Å². The fraction of sp³-hybridized carbons (Fsp3) is 0.500. The second kappa shape index (κ2) is 4.82. The molecule has 0 spiro atoms. The second-order valence-corrected chi connectivity index (χ2v) is 6.70. The molecule has 0 unspecified atom stereocenters. The number of nitrogens with two attached hydrogens (primary N) is 1. The van der Waals surface area contributed by atoms with E-state index in [1.54, 1.807) is 0 Å². The van der Waals surface area contributed by atoms with E-state index in [1.807, 2.05) is 12.1 Å². The first-order valence-electron chi connectivity index (χ1n) is 6.51. The van der Waals surface area contributed by atoms with Crippen LogP contribution in [0.4, 0.5) is 5.69 Å². The molecule has 2 aliphatic rings. The van der Waals surface area contributed by atoms with Crippen LogP contribution in [0.5, 0.6) is 0 Å². The zero-order chi connectivity index (χ0) is 12.7. The fourth-order valence-corrected chi connectivity index (χ4v) is 3.12. The van der Waals surface area contributed by atoms with Crippen molar-refractivity contribution in [2.75, 3.05) is 5.32 Å². The van der Waals surface area contributed by atoms with Crippen LogP contribution in [0, 0.1) is 11.8 Å². The Morgan fingerprint density at radius 3 is 2.33 bits per heavy atom. The maximum absolute atomic E-state index is 5.64. The molecule has 0 amide bonds. The molecule has 4 heteroatoms. The summed E-state index contributed by atoms with van der Waals surface area (Å²) in [6, 6.07) is 6.74. The first-order chi connectivity index (χ1) is 8.65. The van der Waals surface area contributed by atoms with Gasteiger partial charge in [-0.1, -0.05) is 12.2 Å². The second-order valence-electron chi connectivity index (χ2n) is 5.40. The molecule has 1 aromatic rings. The van der Waals surface area contributed by atoms with E-state index in [0.29, 0.717) is 11.0 Å². The Morgan fingerprint density at radius 2 is 1.89 bits per heavy atom. The molecular formula is C14H17BrN2S. The molecule has 3 rings (SSSR count). The number of rotatable bonds is 5. The third-order valence-electron chi connectivity index (χ3n) is 3.84. The predicted octanol–water partition coefficient (Wildman–Crippen LogP) is 3.68. The molecule has 2 fully saturated rings. The van der Waals surface area contributed by atoms with E-state index in [1.165, 1.54) is 31.4 Å². The molecule has 3 N–H and O–H groups in total. The summed E-state index contributed by atoms with van der Waals surface area (Å²) in [4.78, 5) is 0.447. The summed E-state index contributed by atoms with van der Waals surface area (Å²) in [5.41, 5.74) is 7.72. The van der Waals surface area contributed by atoms with E-state index in [2.05, 4.69) is 27.3 Å². The zero-order valence-electron chi connectivity index (χ0n) is 10.2. The number of halogens is 1. The van der Waals surface area contributed by atoms with Crippen LogP contribution in [0.1, 0.15) is 31.2 Å². The summed E-state index contributed by atoms with van der Waals surface area (Å²) in [6.45, 7) is 0. The molecule has 2 saturated carbocycles. The highest BCUT2D eigenvalue weighted by molar-refractivity contribution is 9.10. The van der Waals surface area contributed by atoms with Gasteiger partial charge in [-0.3, -0.25) is 0 Å². The average molecular weight is 325 g/mol. The van der Waals surface area contributed by atoms with Crippen molar-refractivity contribution in [1.82, 2.24) is 0 Å². The first kappa shape index (κ1) is 12.4. The molecule has 0 atom stereocenters. The lowest BCUT2D eigenvalue weighted by atomic mass is 10.1. The molecule has 2 nitrogen and oxygen atoms in total. The third kappa shape index (κ3) is 2.69. The zero-order valence-corrected chi connectivity index (χ0v) is 12.6. The van der Waals surface area contributed by atoms with Gasteiger partial charge in [-0.25, -0.2) is 0 Å². The van der Waals surface area contributed by atoms with Crippen LogP contribution in [0.25, 0.3) is 0 Å². The van der Waals surface area contributed by atoms with Crippen LogP contribution in [0.15, 0.2) is 22.7 Å². The topological polar surface area (TPSA) is 38.0 Å². The van der Waals surface area contributed by atoms with Crippen molar-refractivity contribution >= 4 is 38.8 Å². The van der Waals surface area contributed by atoms with Crippen LogP contribution in [-0.4, -0.2) is 11.0 Å². The molecule has 2 aliphatic carbocycles. The number of thiocarbonyl (C=S) groups is 1. The van der Waals surface area contributed by atoms with Crippen LogP contribution in [0.3, 0.4) is 0 Å². The van der Waals surface area contributed by atoms with Gasteiger partial charge in [-0.15, -0.1) is 0 Å². The summed E-state index contributed by atoms with van der Waals surface area (Å²) in [6.07, 6.45) is 5.54. The van der Waals surface area contributed by atoms with E-state index in [-0.39, 0.29) is 0 Å². The van der Waals surface area contributed by atoms with Crippen molar-refractivity contribution < 1.29 is 0 Å². The number of hydrogen-bond acceptors (Lipinski definition) is 2. The Morgan fingerprint density at radius 1 is 1.28 bits per heavy atom. The van der Waals surface area contributed by atoms with Crippen molar-refractivity contribution in [1.29, 1.82) is 0 Å². The number of anilines is 1. The lowest BCUT2D eigenvalue weighted by molar-refractivity contribution is 0.567. The van der Waals surface area contributed by atoms with Crippen LogP contribution < -0.4 is 11.1 Å². The van der Waals surface area contributed by atoms with E-state index >= 15 is 0 Å². The van der Waals surface area contributed by atoms with Crippen molar-refractivity contribution in [3.8, 4) is 0 Å². The highest BCUT2D eigenvalue weighted by atomic mass is 79.9. The van der Waals surface area contributed by atoms with Gasteiger partial charge in [0.2, 0.25) is 0 Å². The standard InChI is InChI=1S/C14H17BrN2S/c15-11-7-10(14(16)18)5-6-12(11)17-13(8-1-2-8)9-3-4-9/h5-9,13,17H,1-4H2,(H2,16,18). The summed E-state index contributed by atoms with van der Waals surface area (Å²) < 4.78 is 1.05. The Labute approximate surface area is 121 Å². The fourth-order valence-electron chi connectivity index (χ4n) is 2.50. The summed E-state index contributed by atoms with van der Waals surface area (Å²) in [5.74, 6) is 1.78. The van der Waals surface area contributed by atoms with Gasteiger partial charge in [0, 0.05) is 21.8 Å². The smallest absolute Gasteiger partial charge is 0.104 e. The lowest BCUT2D eigenvalue weighted by Crippen LogP contribution is -2.24. The van der Waals surface area contributed by atoms with Crippen LogP contribution >= 0.6 is 28.1 Å². The van der Waals surface area contributed by atoms with Gasteiger partial charge < -0.3 is 11.1 Å². The van der Waals surface area contributed by atoms with Gasteiger partial charge in [0.1, 0.15) is 4.99 Å². The Bertz CT molecular complexity index is 469. The average Bonchev–Trinajstić information content (AvgIpc) is 3.19. The number of nitrogens with one attached hydrogen (secondary N) is 1. The summed E-state index contributed by atoms with van der Waals surface area (Å²) in [7, 11) is 0. The largest absolute Gasteiger partial charge is 0.389 e. The number of hydrogen-bond donors (Lipinski definition) is 2. The number of benzene rings is 1. The van der Waals surface area contributed by atoms with Crippen molar-refractivity contribution in [3.05, 3.63) is 28.2 Å². The van der Waals surface area contributed by atoms with Gasteiger partial charge in [0.05, 0.1) is 0 Å². The lowest BCUT2D eigenvalue weighted by Gasteiger charge is -2.20. The molecule has 0 radical (unpaired) electrons. The van der Waals surface area contributed by atoms with Crippen LogP contribution in [-0.2, 0) is 0 Å². The predicted molar refractivity (Wildman–Crippen MR) is 82.9 cm³/mol. The SMILES string of the molecule is NC(=S)c1ccc(NC(C2CC2)C2CC2)c(Br)c1. The molecule has 96 valence electrons. The Balaban J connectivity index is 1.77. The van der Waals surface area contributed by atoms with Crippen LogP contribution in [0.2, 0.25) is 0 Å². The van der Waals surface area contributed by atoms with Crippen molar-refractivity contribution in [3.63, 3.8) is 0 Å². The molecule has 0 bridgehead atoms. The Kier molecular flexibility index (Phi) is 3.32. The minimum atomic E-state index is 0.447. The van der Waals surface area contributed by atoms with Gasteiger partial charge in [0.15, 0.2) is 0 Å². The molecule has 1 aromatic carbocycles. The molecular weight excluding hydrogens is 308 g/mol. The summed E-state index contributed by atoms with van der Waals surface area (Å²) in [5, 5.41) is 3.71. The molecule has 0 aliphatic heterocycles. The maximum atomic E-state index is 5.64. The highest BCUT2D eigenvalue weighted by Gasteiger charge is 2.41. The normalized spacial score (nSPS) is 19.0. The van der Waals surface area contributed by atoms with Gasteiger partial charge in [-0.2, -0.15) is 0 Å². The molecule has 18 heavy (non-hydrogen) atoms. The Hall–Kier alpha value is -0.610. The van der Waals surface area contributed by atoms with E-state index < -0.39 is 0 Å². The van der Waals surface area contributed by atoms with E-state index in [9.17, 15) is 0 Å². The molecule has 0 saturated heterocycles. The highest BCUT2D eigenvalue weighted by Crippen LogP contribution is 2.46.